The number of piperidine rings is 2. The highest BCUT2D eigenvalue weighted by atomic mass is 35.5. The Kier molecular flexibility index (Phi) is 11.9. The summed E-state index contributed by atoms with van der Waals surface area (Å²) in [5.41, 5.74) is 1.00. The Hall–Kier alpha value is -3.27. The number of carbonyl (C=O) groups is 3. The standard InChI is InChI=1S/C35H48ClF3N8O3S/c1-40-31-27(35(37,38)39)18-23(19-28(31)36)20-29(32(48)45-11-5-25(6-12-45)44-10-3-9-43(2)16-17-44)41-33(49)46-13-7-26(8-14-46)47-15-4-24-21-51-22-30(24)42-34(47)50/h18-19,21-22,25-26,29,40H,3-17,20H2,1-2H3,(H,41,49)(H,42,50)/t29-/m1/s1. The molecule has 5 heterocycles. The number of likely N-dealkylation sites (N-methyl/N-ethyl adjacent to an activating group) is 1. The lowest BCUT2D eigenvalue weighted by atomic mass is 9.98. The summed E-state index contributed by atoms with van der Waals surface area (Å²) in [7, 11) is 3.50. The lowest BCUT2D eigenvalue weighted by molar-refractivity contribution is -0.137. The summed E-state index contributed by atoms with van der Waals surface area (Å²) < 4.78 is 42.2. The summed E-state index contributed by atoms with van der Waals surface area (Å²) in [6, 6.07) is 1.05. The lowest BCUT2D eigenvalue weighted by Crippen LogP contribution is -2.57. The third-order valence-corrected chi connectivity index (χ3v) is 11.9. The second-order valence-electron chi connectivity index (χ2n) is 14.1. The number of nitrogens with zero attached hydrogens (tertiary/aromatic N) is 5. The highest BCUT2D eigenvalue weighted by Crippen LogP contribution is 2.40. The van der Waals surface area contributed by atoms with E-state index in [4.69, 9.17) is 11.6 Å². The van der Waals surface area contributed by atoms with Crippen LogP contribution in [-0.4, -0.2) is 134 Å². The van der Waals surface area contributed by atoms with Gasteiger partial charge in [-0.2, -0.15) is 13.2 Å². The molecule has 0 aliphatic carbocycles. The number of likely N-dealkylation sites (tertiary alicyclic amines) is 2. The summed E-state index contributed by atoms with van der Waals surface area (Å²) in [5, 5.41) is 12.3. The van der Waals surface area contributed by atoms with Crippen molar-refractivity contribution in [1.29, 1.82) is 0 Å². The fraction of sp³-hybridized carbons (Fsp3) is 0.629. The molecule has 280 valence electrons. The zero-order chi connectivity index (χ0) is 36.3. The van der Waals surface area contributed by atoms with E-state index in [9.17, 15) is 27.6 Å². The predicted octanol–water partition coefficient (Wildman–Crippen LogP) is 5.27. The van der Waals surface area contributed by atoms with Crippen LogP contribution in [0.25, 0.3) is 0 Å². The van der Waals surface area contributed by atoms with Gasteiger partial charge < -0.3 is 35.6 Å². The molecule has 1 atom stereocenters. The number of fused-ring (bicyclic) bond motifs is 1. The van der Waals surface area contributed by atoms with E-state index in [0.717, 1.165) is 69.2 Å². The number of halogens is 4. The molecule has 0 spiro atoms. The summed E-state index contributed by atoms with van der Waals surface area (Å²) in [6.07, 6.45) is -0.246. The van der Waals surface area contributed by atoms with Crippen molar-refractivity contribution in [2.75, 3.05) is 83.6 Å². The number of alkyl halides is 3. The van der Waals surface area contributed by atoms with E-state index in [1.54, 1.807) is 21.1 Å². The molecule has 16 heteroatoms. The largest absolute Gasteiger partial charge is 0.418 e. The number of rotatable bonds is 7. The Morgan fingerprint density at radius 1 is 0.961 bits per heavy atom. The molecule has 5 amide bonds. The van der Waals surface area contributed by atoms with Gasteiger partial charge in [-0.15, -0.1) is 11.3 Å². The van der Waals surface area contributed by atoms with Gasteiger partial charge in [-0.1, -0.05) is 11.6 Å². The second kappa shape index (κ2) is 16.2. The molecule has 0 saturated carbocycles. The maximum absolute atomic E-state index is 14.1. The molecule has 4 aliphatic heterocycles. The van der Waals surface area contributed by atoms with Crippen LogP contribution in [0.4, 0.5) is 34.1 Å². The van der Waals surface area contributed by atoms with E-state index in [1.807, 2.05) is 15.7 Å². The van der Waals surface area contributed by atoms with Gasteiger partial charge in [0.1, 0.15) is 6.04 Å². The number of nitrogens with one attached hydrogen (secondary N) is 3. The number of hydrogen-bond donors (Lipinski definition) is 3. The predicted molar refractivity (Wildman–Crippen MR) is 194 cm³/mol. The van der Waals surface area contributed by atoms with E-state index >= 15 is 0 Å². The SMILES string of the molecule is CNc1c(Cl)cc(C[C@@H](NC(=O)N2CCC(N3CCc4cscc4NC3=O)CC2)C(=O)N2CCC(N3CCCN(C)CC3)CC2)cc1C(F)(F)F. The fourth-order valence-electron chi connectivity index (χ4n) is 7.92. The third kappa shape index (κ3) is 8.86. The molecule has 6 rings (SSSR count). The third-order valence-electron chi connectivity index (χ3n) is 10.8. The molecular formula is C35H48ClF3N8O3S. The van der Waals surface area contributed by atoms with Crippen LogP contribution in [0.1, 0.15) is 48.8 Å². The normalized spacial score (nSPS) is 21.1. The zero-order valence-corrected chi connectivity index (χ0v) is 30.8. The Bertz CT molecular complexity index is 1560. The smallest absolute Gasteiger partial charge is 0.386 e. The number of anilines is 2. The molecule has 0 unspecified atom stereocenters. The first-order chi connectivity index (χ1) is 24.4. The van der Waals surface area contributed by atoms with E-state index in [-0.39, 0.29) is 40.7 Å². The number of benzene rings is 1. The van der Waals surface area contributed by atoms with E-state index < -0.39 is 23.8 Å². The fourth-order valence-corrected chi connectivity index (χ4v) is 9.08. The Labute approximate surface area is 306 Å². The van der Waals surface area contributed by atoms with Crippen molar-refractivity contribution in [2.45, 2.75) is 69.2 Å². The topological polar surface area (TPSA) is 103 Å². The quantitative estimate of drug-likeness (QED) is 0.357. The minimum absolute atomic E-state index is 0.0429. The Balaban J connectivity index is 1.13. The maximum atomic E-state index is 14.1. The van der Waals surface area contributed by atoms with Crippen LogP contribution in [0.5, 0.6) is 0 Å². The number of hydrogen-bond acceptors (Lipinski definition) is 7. The summed E-state index contributed by atoms with van der Waals surface area (Å²) >= 11 is 7.87. The molecule has 2 aromatic rings. The zero-order valence-electron chi connectivity index (χ0n) is 29.2. The molecule has 1 aromatic heterocycles. The Morgan fingerprint density at radius 3 is 2.37 bits per heavy atom. The summed E-state index contributed by atoms with van der Waals surface area (Å²) in [6.45, 7) is 6.40. The van der Waals surface area contributed by atoms with Gasteiger partial charge in [0, 0.05) is 76.7 Å². The number of urea groups is 2. The van der Waals surface area contributed by atoms with Crippen LogP contribution in [-0.2, 0) is 23.8 Å². The van der Waals surface area contributed by atoms with Crippen molar-refractivity contribution >= 4 is 52.3 Å². The van der Waals surface area contributed by atoms with Crippen molar-refractivity contribution in [1.82, 2.24) is 29.8 Å². The van der Waals surface area contributed by atoms with E-state index in [1.165, 1.54) is 13.1 Å². The molecule has 4 aliphatic rings. The van der Waals surface area contributed by atoms with Gasteiger partial charge in [0.25, 0.3) is 0 Å². The van der Waals surface area contributed by atoms with Gasteiger partial charge in [-0.3, -0.25) is 9.69 Å². The van der Waals surface area contributed by atoms with Crippen LogP contribution >= 0.6 is 22.9 Å². The van der Waals surface area contributed by atoms with Crippen LogP contribution in [0.3, 0.4) is 0 Å². The monoisotopic (exact) mass is 752 g/mol. The van der Waals surface area contributed by atoms with Gasteiger partial charge in [-0.25, -0.2) is 9.59 Å². The molecule has 3 N–H and O–H groups in total. The number of carbonyl (C=O) groups excluding carboxylic acids is 3. The van der Waals surface area contributed by atoms with Crippen LogP contribution < -0.4 is 16.0 Å². The number of amides is 5. The minimum atomic E-state index is -4.68. The lowest BCUT2D eigenvalue weighted by Gasteiger charge is -2.40. The molecule has 3 saturated heterocycles. The van der Waals surface area contributed by atoms with Gasteiger partial charge in [0.15, 0.2) is 0 Å². The molecule has 0 radical (unpaired) electrons. The maximum Gasteiger partial charge on any atom is 0.418 e. The van der Waals surface area contributed by atoms with Gasteiger partial charge >= 0.3 is 18.2 Å². The summed E-state index contributed by atoms with van der Waals surface area (Å²) in [4.78, 5) is 51.0. The first-order valence-corrected chi connectivity index (χ1v) is 19.2. The van der Waals surface area contributed by atoms with Crippen molar-refractivity contribution in [3.63, 3.8) is 0 Å². The minimum Gasteiger partial charge on any atom is -0.386 e. The highest BCUT2D eigenvalue weighted by Gasteiger charge is 2.38. The van der Waals surface area contributed by atoms with Crippen molar-refractivity contribution in [3.8, 4) is 0 Å². The molecule has 11 nitrogen and oxygen atoms in total. The molecule has 3 fully saturated rings. The first kappa shape index (κ1) is 37.5. The molecular weight excluding hydrogens is 705 g/mol. The number of thiophene rings is 1. The van der Waals surface area contributed by atoms with Gasteiger partial charge in [-0.05, 0) is 87.3 Å². The van der Waals surface area contributed by atoms with Crippen molar-refractivity contribution in [3.05, 3.63) is 44.6 Å². The van der Waals surface area contributed by atoms with Gasteiger partial charge in [0.05, 0.1) is 22.0 Å². The first-order valence-electron chi connectivity index (χ1n) is 17.9. The van der Waals surface area contributed by atoms with Crippen LogP contribution in [0.15, 0.2) is 22.9 Å². The Morgan fingerprint density at radius 2 is 1.67 bits per heavy atom. The van der Waals surface area contributed by atoms with E-state index in [2.05, 4.69) is 32.8 Å². The molecule has 0 bridgehead atoms. The average molecular weight is 753 g/mol. The molecule has 1 aromatic carbocycles. The van der Waals surface area contributed by atoms with Crippen molar-refractivity contribution < 1.29 is 27.6 Å². The van der Waals surface area contributed by atoms with Crippen LogP contribution in [0.2, 0.25) is 5.02 Å². The average Bonchev–Trinajstić information content (AvgIpc) is 3.34. The van der Waals surface area contributed by atoms with Gasteiger partial charge in [0.2, 0.25) is 5.91 Å². The molecule has 51 heavy (non-hydrogen) atoms. The van der Waals surface area contributed by atoms with Crippen LogP contribution in [0, 0.1) is 0 Å². The summed E-state index contributed by atoms with van der Waals surface area (Å²) in [5.74, 6) is -0.316. The van der Waals surface area contributed by atoms with Crippen molar-refractivity contribution in [2.24, 2.45) is 0 Å². The second-order valence-corrected chi connectivity index (χ2v) is 15.3. The van der Waals surface area contributed by atoms with E-state index in [0.29, 0.717) is 51.6 Å². The highest BCUT2D eigenvalue weighted by molar-refractivity contribution is 7.08.